The number of aromatic nitrogens is 8. The number of benzene rings is 2. The van der Waals surface area contributed by atoms with Gasteiger partial charge in [0.25, 0.3) is 0 Å². The smallest absolute Gasteiger partial charge is 0.208 e. The van der Waals surface area contributed by atoms with Gasteiger partial charge in [-0.05, 0) is 150 Å². The van der Waals surface area contributed by atoms with Crippen LogP contribution in [0.2, 0.25) is 0 Å². The Hall–Kier alpha value is -6.34. The Kier molecular flexibility index (Phi) is 11.8. The second kappa shape index (κ2) is 17.3. The van der Waals surface area contributed by atoms with E-state index in [1.54, 1.807) is 0 Å². The van der Waals surface area contributed by atoms with Crippen LogP contribution < -0.4 is 27.4 Å². The quantitative estimate of drug-likeness (QED) is 0.0813. The molecule has 13 heteroatoms. The summed E-state index contributed by atoms with van der Waals surface area (Å²) < 4.78 is 8.49. The number of allylic oxidation sites excluding steroid dienone is 2. The fourth-order valence-corrected chi connectivity index (χ4v) is 9.44. The van der Waals surface area contributed by atoms with Crippen molar-refractivity contribution < 1.29 is 0 Å². The predicted molar refractivity (Wildman–Crippen MR) is 251 cm³/mol. The average Bonchev–Trinajstić information content (AvgIpc) is 4.01. The lowest BCUT2D eigenvalue weighted by atomic mass is 9.78. The van der Waals surface area contributed by atoms with Crippen molar-refractivity contribution in [2.75, 3.05) is 23.7 Å². The van der Waals surface area contributed by atoms with Crippen molar-refractivity contribution in [2.45, 2.75) is 92.4 Å². The van der Waals surface area contributed by atoms with Crippen LogP contribution in [-0.4, -0.2) is 51.8 Å². The van der Waals surface area contributed by atoms with E-state index in [-0.39, 0.29) is 0 Å². The lowest BCUT2D eigenvalue weighted by Gasteiger charge is -2.31. The van der Waals surface area contributed by atoms with Crippen LogP contribution in [0.4, 0.5) is 11.9 Å². The van der Waals surface area contributed by atoms with Gasteiger partial charge in [0.15, 0.2) is 0 Å². The van der Waals surface area contributed by atoms with Crippen LogP contribution in [0.25, 0.3) is 44.9 Å². The molecule has 8 rings (SSSR count). The first kappa shape index (κ1) is 41.4. The fourth-order valence-electron chi connectivity index (χ4n) is 9.44. The van der Waals surface area contributed by atoms with Gasteiger partial charge in [-0.2, -0.15) is 10.2 Å². The molecule has 6 aromatic rings. The Balaban J connectivity index is 1.27. The number of piperidine rings is 1. The van der Waals surface area contributed by atoms with E-state index in [1.807, 2.05) is 23.2 Å². The molecule has 318 valence electrons. The van der Waals surface area contributed by atoms with Gasteiger partial charge in [0.2, 0.25) is 11.9 Å². The third-order valence-corrected chi connectivity index (χ3v) is 12.5. The number of anilines is 2. The molecule has 0 saturated carbocycles. The first-order valence-electron chi connectivity index (χ1n) is 21.7. The van der Waals surface area contributed by atoms with Crippen LogP contribution in [0.15, 0.2) is 74.9 Å². The largest absolute Gasteiger partial charge is 0.399 e. The van der Waals surface area contributed by atoms with Gasteiger partial charge in [-0.3, -0.25) is 9.36 Å². The zero-order valence-corrected chi connectivity index (χ0v) is 36.3. The van der Waals surface area contributed by atoms with E-state index >= 15 is 0 Å². The van der Waals surface area contributed by atoms with Crippen LogP contribution in [0.5, 0.6) is 0 Å². The zero-order valence-electron chi connectivity index (χ0n) is 36.3. The zero-order chi connectivity index (χ0) is 42.9. The van der Waals surface area contributed by atoms with E-state index in [0.717, 1.165) is 132 Å². The summed E-state index contributed by atoms with van der Waals surface area (Å²) in [7, 11) is 0. The van der Waals surface area contributed by atoms with Crippen molar-refractivity contribution in [2.24, 2.45) is 23.3 Å². The predicted octanol–water partition coefficient (Wildman–Crippen LogP) is 8.21. The summed E-state index contributed by atoms with van der Waals surface area (Å²) in [5, 5.41) is 20.2. The summed E-state index contributed by atoms with van der Waals surface area (Å²) in [5.41, 5.74) is 27.2. The number of hydrogen-bond donors (Lipinski definition) is 5. The molecule has 0 radical (unpaired) electrons. The second-order valence-corrected chi connectivity index (χ2v) is 16.7. The molecular weight excluding hydrogens is 759 g/mol. The lowest BCUT2D eigenvalue weighted by molar-refractivity contribution is 0.234. The van der Waals surface area contributed by atoms with Gasteiger partial charge in [0.05, 0.1) is 56.2 Å². The highest BCUT2D eigenvalue weighted by atomic mass is 15.3. The molecule has 2 aromatic carbocycles. The minimum Gasteiger partial charge on any atom is -0.399 e. The number of hydrogen-bond acceptors (Lipinski definition) is 9. The van der Waals surface area contributed by atoms with Crippen molar-refractivity contribution >= 4 is 56.8 Å². The molecule has 0 unspecified atom stereocenters. The minimum absolute atomic E-state index is 0.475. The highest BCUT2D eigenvalue weighted by Gasteiger charge is 2.27. The fraction of sp³-hybridized carbons (Fsp3) is 0.375. The molecule has 13 nitrogen and oxygen atoms in total. The molecule has 61 heavy (non-hydrogen) atoms. The second-order valence-electron chi connectivity index (χ2n) is 16.7. The Morgan fingerprint density at radius 2 is 1.08 bits per heavy atom. The number of nitrogens with zero attached hydrogens (tertiary/aromatic N) is 8. The van der Waals surface area contributed by atoms with Crippen molar-refractivity contribution in [3.8, 4) is 0 Å². The van der Waals surface area contributed by atoms with Crippen molar-refractivity contribution in [1.29, 1.82) is 0 Å². The molecular formula is C48H61N13. The van der Waals surface area contributed by atoms with E-state index < -0.39 is 0 Å². The maximum atomic E-state index is 6.42. The monoisotopic (exact) mass is 820 g/mol. The molecule has 0 amide bonds. The normalized spacial score (nSPS) is 16.0. The van der Waals surface area contributed by atoms with E-state index in [0.29, 0.717) is 48.2 Å². The Bertz CT molecular complexity index is 2520. The maximum Gasteiger partial charge on any atom is 0.208 e. The summed E-state index contributed by atoms with van der Waals surface area (Å²) in [6.45, 7) is 30.1. The van der Waals surface area contributed by atoms with Gasteiger partial charge in [-0.15, -0.1) is 0 Å². The summed E-state index contributed by atoms with van der Waals surface area (Å²) in [6, 6.07) is 12.7. The minimum atomic E-state index is 0.475. The standard InChI is InChI=1S/C48H61N13/c1-9-60-43(23-29(3)56-60)33(7)52-47-54-41-27-39(31(5)49)25-37-15-13-35(36-17-19-51-20-18-36)14-16-38-26-40(32(6)50)28-42-46(38)59(22-12-11-21-58(47)45(37)41)48(55-42)53-34(8)44-24-30(4)57-61(44)10-2/h11-12,23-28,35-36,51H,5-10,13-22,49-50H2,1-4H3,(H,52,54)(H,53,55)/b12-11+. The average molecular weight is 820 g/mol. The molecule has 1 saturated heterocycles. The summed E-state index contributed by atoms with van der Waals surface area (Å²) in [4.78, 5) is 10.5. The third-order valence-electron chi connectivity index (χ3n) is 12.5. The third kappa shape index (κ3) is 8.39. The van der Waals surface area contributed by atoms with Gasteiger partial charge in [-0.25, -0.2) is 9.97 Å². The molecule has 0 spiro atoms. The van der Waals surface area contributed by atoms with Crippen LogP contribution in [0, 0.1) is 25.7 Å². The maximum absolute atomic E-state index is 6.42. The molecule has 7 N–H and O–H groups in total. The number of aryl methyl sites for hydroxylation is 6. The highest BCUT2D eigenvalue weighted by Crippen LogP contribution is 2.36. The molecule has 0 atom stereocenters. The number of nitrogens with two attached hydrogens (primary N) is 2. The summed E-state index contributed by atoms with van der Waals surface area (Å²) in [6.07, 6.45) is 10.5. The number of rotatable bonds is 11. The van der Waals surface area contributed by atoms with Crippen molar-refractivity contribution in [1.82, 2.24) is 44.0 Å². The molecule has 2 aliphatic rings. The van der Waals surface area contributed by atoms with E-state index in [4.69, 9.17) is 21.4 Å². The lowest BCUT2D eigenvalue weighted by Crippen LogP contribution is -2.32. The topological polar surface area (TPSA) is 159 Å². The first-order chi connectivity index (χ1) is 29.4. The van der Waals surface area contributed by atoms with E-state index in [1.165, 1.54) is 11.1 Å². The van der Waals surface area contributed by atoms with Gasteiger partial charge < -0.3 is 36.6 Å². The van der Waals surface area contributed by atoms with Crippen LogP contribution >= 0.6 is 0 Å². The molecule has 1 fully saturated rings. The van der Waals surface area contributed by atoms with Crippen molar-refractivity contribution in [3.63, 3.8) is 0 Å². The van der Waals surface area contributed by atoms with Gasteiger partial charge in [0, 0.05) is 37.6 Å². The summed E-state index contributed by atoms with van der Waals surface area (Å²) in [5.74, 6) is 2.48. The Labute approximate surface area is 359 Å². The molecule has 4 aromatic heterocycles. The highest BCUT2D eigenvalue weighted by molar-refractivity contribution is 5.89. The molecule has 0 aliphatic carbocycles. The van der Waals surface area contributed by atoms with E-state index in [9.17, 15) is 0 Å². The molecule has 0 bridgehead atoms. The Morgan fingerprint density at radius 3 is 1.49 bits per heavy atom. The number of imidazole rings is 2. The van der Waals surface area contributed by atoms with Gasteiger partial charge in [-0.1, -0.05) is 38.5 Å². The Morgan fingerprint density at radius 1 is 0.656 bits per heavy atom. The van der Waals surface area contributed by atoms with Gasteiger partial charge >= 0.3 is 0 Å². The van der Waals surface area contributed by atoms with Gasteiger partial charge in [0.1, 0.15) is 0 Å². The molecule has 2 aliphatic heterocycles. The van der Waals surface area contributed by atoms with E-state index in [2.05, 4.69) is 124 Å². The summed E-state index contributed by atoms with van der Waals surface area (Å²) >= 11 is 0. The first-order valence-corrected chi connectivity index (χ1v) is 21.7. The van der Waals surface area contributed by atoms with Crippen LogP contribution in [-0.2, 0) is 39.0 Å². The molecule has 6 heterocycles. The van der Waals surface area contributed by atoms with Crippen LogP contribution in [0.1, 0.15) is 84.6 Å². The SMILES string of the molecule is C=C(N)c1cc2c3c(c1)nc(NC(=C)c1cc(C)nn1CC)n3C/C=C/Cn1c(NC(=C)c3cc(C)nn3CC)nc3cc(C(=C)N)cc(c31)CCC(C1CCNCC1)CC2. The van der Waals surface area contributed by atoms with Crippen LogP contribution in [0.3, 0.4) is 0 Å². The number of nitrogens with one attached hydrogen (secondary N) is 3. The van der Waals surface area contributed by atoms with Crippen molar-refractivity contribution in [3.05, 3.63) is 120 Å².